The van der Waals surface area contributed by atoms with Crippen LogP contribution in [0.2, 0.25) is 0 Å². The second kappa shape index (κ2) is 2.91. The van der Waals surface area contributed by atoms with Crippen LogP contribution in [0.5, 0.6) is 5.88 Å². The van der Waals surface area contributed by atoms with E-state index in [9.17, 15) is 5.11 Å². The van der Waals surface area contributed by atoms with Crippen LogP contribution in [0.1, 0.15) is 0 Å². The van der Waals surface area contributed by atoms with Crippen molar-refractivity contribution in [1.29, 1.82) is 0 Å². The summed E-state index contributed by atoms with van der Waals surface area (Å²) in [6.45, 7) is 0. The SMILES string of the molecule is CSc1nc(O)c2sccc2n1. The summed E-state index contributed by atoms with van der Waals surface area (Å²) in [5.41, 5.74) is 0.817. The number of thioether (sulfide) groups is 1. The van der Waals surface area contributed by atoms with Crippen LogP contribution < -0.4 is 0 Å². The first-order chi connectivity index (χ1) is 5.81. The Morgan fingerprint density at radius 1 is 1.50 bits per heavy atom. The van der Waals surface area contributed by atoms with E-state index in [0.717, 1.165) is 10.2 Å². The van der Waals surface area contributed by atoms with Crippen LogP contribution >= 0.6 is 23.1 Å². The number of thiophene rings is 1. The van der Waals surface area contributed by atoms with Crippen molar-refractivity contribution < 1.29 is 5.11 Å². The lowest BCUT2D eigenvalue weighted by Crippen LogP contribution is -1.84. The molecule has 0 amide bonds. The molecule has 3 nitrogen and oxygen atoms in total. The lowest BCUT2D eigenvalue weighted by molar-refractivity contribution is 0.454. The Labute approximate surface area is 77.5 Å². The van der Waals surface area contributed by atoms with Crippen molar-refractivity contribution in [2.75, 3.05) is 6.26 Å². The molecule has 0 saturated carbocycles. The van der Waals surface area contributed by atoms with E-state index in [1.54, 1.807) is 0 Å². The summed E-state index contributed by atoms with van der Waals surface area (Å²) in [5, 5.41) is 11.9. The van der Waals surface area contributed by atoms with E-state index in [2.05, 4.69) is 9.97 Å². The van der Waals surface area contributed by atoms with Gasteiger partial charge in [0, 0.05) is 0 Å². The van der Waals surface area contributed by atoms with Crippen molar-refractivity contribution in [3.8, 4) is 5.88 Å². The highest BCUT2D eigenvalue weighted by Gasteiger charge is 2.05. The Balaban J connectivity index is 2.75. The van der Waals surface area contributed by atoms with Crippen LogP contribution in [0.4, 0.5) is 0 Å². The molecule has 2 heterocycles. The zero-order valence-electron chi connectivity index (χ0n) is 6.31. The lowest BCUT2D eigenvalue weighted by atomic mass is 10.5. The van der Waals surface area contributed by atoms with Gasteiger partial charge in [-0.1, -0.05) is 11.8 Å². The number of nitrogens with zero attached hydrogens (tertiary/aromatic N) is 2. The second-order valence-electron chi connectivity index (χ2n) is 2.17. The zero-order chi connectivity index (χ0) is 8.55. The van der Waals surface area contributed by atoms with Gasteiger partial charge < -0.3 is 5.11 Å². The quantitative estimate of drug-likeness (QED) is 0.563. The summed E-state index contributed by atoms with van der Waals surface area (Å²) in [7, 11) is 0. The standard InChI is InChI=1S/C7H6N2OS2/c1-11-7-8-4-2-3-12-5(4)6(10)9-7/h2-3H,1H3,(H,8,9,10). The fourth-order valence-electron chi connectivity index (χ4n) is 0.919. The molecule has 0 aliphatic carbocycles. The molecule has 0 spiro atoms. The summed E-state index contributed by atoms with van der Waals surface area (Å²) < 4.78 is 0.757. The molecule has 0 bridgehead atoms. The van der Waals surface area contributed by atoms with E-state index in [1.807, 2.05) is 17.7 Å². The number of fused-ring (bicyclic) bond motifs is 1. The van der Waals surface area contributed by atoms with Gasteiger partial charge in [0.1, 0.15) is 4.70 Å². The van der Waals surface area contributed by atoms with Crippen molar-refractivity contribution >= 4 is 33.3 Å². The molecule has 0 unspecified atom stereocenters. The second-order valence-corrected chi connectivity index (χ2v) is 3.86. The van der Waals surface area contributed by atoms with E-state index < -0.39 is 0 Å². The number of hydrogen-bond acceptors (Lipinski definition) is 5. The zero-order valence-corrected chi connectivity index (χ0v) is 7.95. The van der Waals surface area contributed by atoms with Crippen LogP contribution in [-0.2, 0) is 0 Å². The van der Waals surface area contributed by atoms with E-state index >= 15 is 0 Å². The third kappa shape index (κ3) is 1.15. The number of aromatic nitrogens is 2. The Morgan fingerprint density at radius 2 is 2.33 bits per heavy atom. The van der Waals surface area contributed by atoms with Crippen LogP contribution in [0.3, 0.4) is 0 Å². The molecule has 0 saturated heterocycles. The maximum atomic E-state index is 9.42. The Morgan fingerprint density at radius 3 is 3.08 bits per heavy atom. The molecule has 2 aromatic rings. The lowest BCUT2D eigenvalue weighted by Gasteiger charge is -1.96. The molecule has 1 N–H and O–H groups in total. The predicted octanol–water partition coefficient (Wildman–Crippen LogP) is 2.12. The molecular weight excluding hydrogens is 192 g/mol. The molecule has 0 radical (unpaired) electrons. The molecule has 0 atom stereocenters. The van der Waals surface area contributed by atoms with Gasteiger partial charge in [-0.15, -0.1) is 11.3 Å². The molecule has 0 aliphatic rings. The summed E-state index contributed by atoms with van der Waals surface area (Å²) in [4.78, 5) is 8.13. The first kappa shape index (κ1) is 7.82. The topological polar surface area (TPSA) is 46.0 Å². The largest absolute Gasteiger partial charge is 0.492 e. The molecular formula is C7H6N2OS2. The average molecular weight is 198 g/mol. The third-order valence-corrected chi connectivity index (χ3v) is 2.90. The van der Waals surface area contributed by atoms with E-state index in [4.69, 9.17) is 0 Å². The molecule has 2 aromatic heterocycles. The number of rotatable bonds is 1. The van der Waals surface area contributed by atoms with Crippen LogP contribution in [0, 0.1) is 0 Å². The van der Waals surface area contributed by atoms with Crippen molar-refractivity contribution in [2.45, 2.75) is 5.16 Å². The maximum Gasteiger partial charge on any atom is 0.233 e. The van der Waals surface area contributed by atoms with Crippen molar-refractivity contribution in [1.82, 2.24) is 9.97 Å². The Hall–Kier alpha value is -0.810. The van der Waals surface area contributed by atoms with Gasteiger partial charge in [-0.3, -0.25) is 0 Å². The highest BCUT2D eigenvalue weighted by atomic mass is 32.2. The Bertz CT molecular complexity index is 413. The van der Waals surface area contributed by atoms with Gasteiger partial charge in [0.15, 0.2) is 5.16 Å². The summed E-state index contributed by atoms with van der Waals surface area (Å²) in [6.07, 6.45) is 1.88. The van der Waals surface area contributed by atoms with Gasteiger partial charge in [0.2, 0.25) is 5.88 Å². The molecule has 62 valence electrons. The third-order valence-electron chi connectivity index (χ3n) is 1.45. The summed E-state index contributed by atoms with van der Waals surface area (Å²) in [6, 6.07) is 1.88. The van der Waals surface area contributed by atoms with Crippen LogP contribution in [0.15, 0.2) is 16.6 Å². The van der Waals surface area contributed by atoms with Crippen molar-refractivity contribution in [2.24, 2.45) is 0 Å². The highest BCUT2D eigenvalue weighted by molar-refractivity contribution is 7.98. The van der Waals surface area contributed by atoms with Crippen LogP contribution in [0.25, 0.3) is 10.2 Å². The predicted molar refractivity (Wildman–Crippen MR) is 50.9 cm³/mol. The summed E-state index contributed by atoms with van der Waals surface area (Å²) >= 11 is 2.87. The highest BCUT2D eigenvalue weighted by Crippen LogP contribution is 2.28. The number of hydrogen-bond donors (Lipinski definition) is 1. The molecule has 12 heavy (non-hydrogen) atoms. The molecule has 0 fully saturated rings. The minimum atomic E-state index is 0.0827. The normalized spacial score (nSPS) is 10.8. The van der Waals surface area contributed by atoms with E-state index in [-0.39, 0.29) is 5.88 Å². The minimum absolute atomic E-state index is 0.0827. The van der Waals surface area contributed by atoms with Crippen LogP contribution in [-0.4, -0.2) is 21.3 Å². The average Bonchev–Trinajstić information content (AvgIpc) is 2.52. The van der Waals surface area contributed by atoms with E-state index in [0.29, 0.717) is 5.16 Å². The Kier molecular flexibility index (Phi) is 1.90. The fourth-order valence-corrected chi connectivity index (χ4v) is 2.00. The monoisotopic (exact) mass is 198 g/mol. The van der Waals surface area contributed by atoms with Gasteiger partial charge in [0.05, 0.1) is 5.52 Å². The van der Waals surface area contributed by atoms with Crippen molar-refractivity contribution in [3.05, 3.63) is 11.4 Å². The van der Waals surface area contributed by atoms with Gasteiger partial charge >= 0.3 is 0 Å². The minimum Gasteiger partial charge on any atom is -0.492 e. The molecule has 0 aliphatic heterocycles. The van der Waals surface area contributed by atoms with Gasteiger partial charge in [-0.05, 0) is 17.7 Å². The molecule has 2 rings (SSSR count). The van der Waals surface area contributed by atoms with Gasteiger partial charge in [-0.2, -0.15) is 4.98 Å². The molecule has 0 aromatic carbocycles. The van der Waals surface area contributed by atoms with Gasteiger partial charge in [-0.25, -0.2) is 4.98 Å². The fraction of sp³-hybridized carbons (Fsp3) is 0.143. The van der Waals surface area contributed by atoms with Crippen molar-refractivity contribution in [3.63, 3.8) is 0 Å². The molecule has 5 heteroatoms. The first-order valence-electron chi connectivity index (χ1n) is 3.29. The van der Waals surface area contributed by atoms with E-state index in [1.165, 1.54) is 23.1 Å². The summed E-state index contributed by atoms with van der Waals surface area (Å²) in [5.74, 6) is 0.0827. The maximum absolute atomic E-state index is 9.42. The first-order valence-corrected chi connectivity index (χ1v) is 5.40. The smallest absolute Gasteiger partial charge is 0.233 e. The number of aromatic hydroxyl groups is 1. The van der Waals surface area contributed by atoms with Gasteiger partial charge in [0.25, 0.3) is 0 Å².